The molecule has 0 aromatic carbocycles. The van der Waals surface area contributed by atoms with Crippen LogP contribution in [-0.4, -0.2) is 44.0 Å². The maximum Gasteiger partial charge on any atom is 0.249 e. The SMILES string of the molecule is OC1(c2cc(Nc3cc(Oc4cn(C5CC5)nc4C4CC(F)(F)C4)ccn3)ccn2)COC1. The summed E-state index contributed by atoms with van der Waals surface area (Å²) in [5.41, 5.74) is 0.769. The van der Waals surface area contributed by atoms with Crippen molar-refractivity contribution in [1.82, 2.24) is 19.7 Å². The minimum Gasteiger partial charge on any atom is -0.454 e. The minimum absolute atomic E-state index is 0.198. The van der Waals surface area contributed by atoms with Gasteiger partial charge in [-0.15, -0.1) is 0 Å². The number of aliphatic hydroxyl groups is 1. The van der Waals surface area contributed by atoms with Gasteiger partial charge in [-0.2, -0.15) is 5.10 Å². The number of hydrogen-bond donors (Lipinski definition) is 2. The van der Waals surface area contributed by atoms with Crippen LogP contribution in [-0.2, 0) is 10.3 Å². The van der Waals surface area contributed by atoms with Crippen LogP contribution < -0.4 is 10.1 Å². The Hall–Kier alpha value is -3.11. The number of alkyl halides is 2. The topological polar surface area (TPSA) is 94.3 Å². The molecule has 3 aliphatic rings. The van der Waals surface area contributed by atoms with E-state index in [1.54, 1.807) is 36.7 Å². The molecule has 1 saturated heterocycles. The van der Waals surface area contributed by atoms with E-state index < -0.39 is 11.5 Å². The molecule has 2 saturated carbocycles. The van der Waals surface area contributed by atoms with E-state index in [4.69, 9.17) is 9.47 Å². The highest BCUT2D eigenvalue weighted by molar-refractivity contribution is 5.58. The van der Waals surface area contributed by atoms with E-state index in [1.165, 1.54) is 0 Å². The molecule has 10 heteroatoms. The molecule has 3 aromatic heterocycles. The lowest BCUT2D eigenvalue weighted by Gasteiger charge is -2.35. The number of nitrogens with zero attached hydrogens (tertiary/aromatic N) is 4. The molecule has 0 amide bonds. The van der Waals surface area contributed by atoms with E-state index in [1.807, 2.05) is 10.9 Å². The molecule has 4 heterocycles. The molecule has 0 spiro atoms. The van der Waals surface area contributed by atoms with Crippen LogP contribution in [0, 0.1) is 0 Å². The number of ether oxygens (including phenoxy) is 2. The molecule has 33 heavy (non-hydrogen) atoms. The number of aromatic nitrogens is 4. The van der Waals surface area contributed by atoms with Gasteiger partial charge in [-0.05, 0) is 31.0 Å². The van der Waals surface area contributed by atoms with E-state index in [0.717, 1.165) is 12.8 Å². The van der Waals surface area contributed by atoms with Gasteiger partial charge in [0.2, 0.25) is 5.92 Å². The molecule has 8 nitrogen and oxygen atoms in total. The molecular formula is C23H23F2N5O3. The van der Waals surface area contributed by atoms with Crippen molar-refractivity contribution < 1.29 is 23.4 Å². The van der Waals surface area contributed by atoms with Crippen LogP contribution in [0.2, 0.25) is 0 Å². The van der Waals surface area contributed by atoms with Crippen LogP contribution in [0.1, 0.15) is 49.0 Å². The smallest absolute Gasteiger partial charge is 0.249 e. The van der Waals surface area contributed by atoms with Gasteiger partial charge in [0.25, 0.3) is 0 Å². The zero-order chi connectivity index (χ0) is 22.6. The summed E-state index contributed by atoms with van der Waals surface area (Å²) in [5.74, 6) is -1.35. The van der Waals surface area contributed by atoms with E-state index in [9.17, 15) is 13.9 Å². The van der Waals surface area contributed by atoms with Gasteiger partial charge in [-0.1, -0.05) is 0 Å². The highest BCUT2D eigenvalue weighted by Gasteiger charge is 2.48. The predicted molar refractivity (Wildman–Crippen MR) is 114 cm³/mol. The number of pyridine rings is 2. The number of hydrogen-bond acceptors (Lipinski definition) is 7. The van der Waals surface area contributed by atoms with Crippen LogP contribution in [0.25, 0.3) is 0 Å². The molecule has 0 bridgehead atoms. The summed E-state index contributed by atoms with van der Waals surface area (Å²) in [4.78, 5) is 8.57. The molecule has 3 aromatic rings. The molecular weight excluding hydrogens is 432 g/mol. The van der Waals surface area contributed by atoms with Crippen LogP contribution >= 0.6 is 0 Å². The molecule has 2 N–H and O–H groups in total. The Bertz CT molecular complexity index is 1180. The average molecular weight is 455 g/mol. The van der Waals surface area contributed by atoms with Crippen molar-refractivity contribution in [3.8, 4) is 11.5 Å². The summed E-state index contributed by atoms with van der Waals surface area (Å²) in [6, 6.07) is 7.30. The van der Waals surface area contributed by atoms with Gasteiger partial charge in [-0.3, -0.25) is 9.67 Å². The average Bonchev–Trinajstić information content (AvgIpc) is 3.52. The highest BCUT2D eigenvalue weighted by atomic mass is 19.3. The van der Waals surface area contributed by atoms with Crippen LogP contribution in [0.15, 0.2) is 42.9 Å². The lowest BCUT2D eigenvalue weighted by molar-refractivity contribution is -0.186. The summed E-state index contributed by atoms with van der Waals surface area (Å²) in [6.07, 6.45) is 6.72. The van der Waals surface area contributed by atoms with Crippen molar-refractivity contribution in [3.63, 3.8) is 0 Å². The monoisotopic (exact) mass is 455 g/mol. The molecule has 0 atom stereocenters. The Balaban J connectivity index is 1.21. The number of halogens is 2. The summed E-state index contributed by atoms with van der Waals surface area (Å²) in [5, 5.41) is 18.2. The van der Waals surface area contributed by atoms with Crippen LogP contribution in [0.5, 0.6) is 11.5 Å². The first-order chi connectivity index (χ1) is 15.9. The lowest BCUT2D eigenvalue weighted by Crippen LogP contribution is -2.47. The van der Waals surface area contributed by atoms with E-state index >= 15 is 0 Å². The second-order valence-corrected chi connectivity index (χ2v) is 9.11. The Labute approximate surface area is 188 Å². The fraction of sp³-hybridized carbons (Fsp3) is 0.435. The molecule has 0 radical (unpaired) electrons. The van der Waals surface area contributed by atoms with Crippen molar-refractivity contribution >= 4 is 11.5 Å². The first-order valence-corrected chi connectivity index (χ1v) is 11.0. The predicted octanol–water partition coefficient (Wildman–Crippen LogP) is 4.27. The van der Waals surface area contributed by atoms with Crippen molar-refractivity contribution in [1.29, 1.82) is 0 Å². The molecule has 6 rings (SSSR count). The number of nitrogens with one attached hydrogen (secondary N) is 1. The third-order valence-corrected chi connectivity index (χ3v) is 6.27. The first kappa shape index (κ1) is 20.5. The summed E-state index contributed by atoms with van der Waals surface area (Å²) in [6.45, 7) is 0.434. The normalized spacial score (nSPS) is 21.2. The zero-order valence-electron chi connectivity index (χ0n) is 17.7. The number of anilines is 2. The molecule has 3 fully saturated rings. The minimum atomic E-state index is -2.62. The zero-order valence-corrected chi connectivity index (χ0v) is 17.7. The standard InChI is InChI=1S/C23H23F2N5O3/c24-23(25)9-14(10-23)21-18(11-30(29-21)16-1-2-16)33-17-4-6-27-20(8-17)28-15-3-5-26-19(7-15)22(31)12-32-13-22/h3-8,11,14,16,31H,1-2,9-10,12-13H2,(H,26,27,28). The molecule has 2 aliphatic carbocycles. The first-order valence-electron chi connectivity index (χ1n) is 11.0. The third-order valence-electron chi connectivity index (χ3n) is 6.27. The molecule has 172 valence electrons. The Morgan fingerprint density at radius 2 is 1.91 bits per heavy atom. The maximum atomic E-state index is 13.5. The molecule has 1 aliphatic heterocycles. The van der Waals surface area contributed by atoms with Gasteiger partial charge >= 0.3 is 0 Å². The van der Waals surface area contributed by atoms with Crippen molar-refractivity contribution in [3.05, 3.63) is 54.2 Å². The van der Waals surface area contributed by atoms with Crippen molar-refractivity contribution in [2.45, 2.75) is 49.2 Å². The van der Waals surface area contributed by atoms with Gasteiger partial charge in [0.15, 0.2) is 11.4 Å². The second kappa shape index (κ2) is 7.46. The van der Waals surface area contributed by atoms with Gasteiger partial charge in [0.05, 0.1) is 31.1 Å². The summed E-state index contributed by atoms with van der Waals surface area (Å²) in [7, 11) is 0. The second-order valence-electron chi connectivity index (χ2n) is 9.11. The van der Waals surface area contributed by atoms with Crippen molar-refractivity contribution in [2.75, 3.05) is 18.5 Å². The summed E-state index contributed by atoms with van der Waals surface area (Å²) >= 11 is 0. The van der Waals surface area contributed by atoms with Gasteiger partial charge in [-0.25, -0.2) is 13.8 Å². The Morgan fingerprint density at radius 1 is 1.12 bits per heavy atom. The molecule has 0 unspecified atom stereocenters. The maximum absolute atomic E-state index is 13.5. The van der Waals surface area contributed by atoms with Crippen LogP contribution in [0.3, 0.4) is 0 Å². The van der Waals surface area contributed by atoms with Crippen molar-refractivity contribution in [2.24, 2.45) is 0 Å². The van der Waals surface area contributed by atoms with E-state index in [-0.39, 0.29) is 32.0 Å². The van der Waals surface area contributed by atoms with Gasteiger partial charge < -0.3 is 19.9 Å². The quantitative estimate of drug-likeness (QED) is 0.549. The fourth-order valence-electron chi connectivity index (χ4n) is 4.15. The Morgan fingerprint density at radius 3 is 2.61 bits per heavy atom. The Kier molecular flexibility index (Phi) is 4.63. The highest BCUT2D eigenvalue weighted by Crippen LogP contribution is 2.51. The third kappa shape index (κ3) is 4.04. The number of rotatable bonds is 7. The lowest BCUT2D eigenvalue weighted by atomic mass is 9.79. The van der Waals surface area contributed by atoms with E-state index in [2.05, 4.69) is 20.4 Å². The summed E-state index contributed by atoms with van der Waals surface area (Å²) < 4.78 is 40.0. The largest absolute Gasteiger partial charge is 0.454 e. The van der Waals surface area contributed by atoms with Crippen LogP contribution in [0.4, 0.5) is 20.3 Å². The fourth-order valence-corrected chi connectivity index (χ4v) is 4.15. The van der Waals surface area contributed by atoms with E-state index in [0.29, 0.717) is 40.4 Å². The van der Waals surface area contributed by atoms with Gasteiger partial charge in [0, 0.05) is 42.9 Å². The van der Waals surface area contributed by atoms with Gasteiger partial charge in [0.1, 0.15) is 17.3 Å².